The third-order valence-corrected chi connectivity index (χ3v) is 8.60. The first-order valence-electron chi connectivity index (χ1n) is 14.3. The van der Waals surface area contributed by atoms with Crippen molar-refractivity contribution in [3.63, 3.8) is 0 Å². The molecule has 4 nitrogen and oxygen atoms in total. The zero-order valence-corrected chi connectivity index (χ0v) is 25.3. The Labute approximate surface area is 270 Å². The van der Waals surface area contributed by atoms with Gasteiger partial charge in [0.05, 0.1) is 5.41 Å². The normalized spacial score (nSPS) is 12.6. The van der Waals surface area contributed by atoms with Gasteiger partial charge in [0.2, 0.25) is 0 Å². The summed E-state index contributed by atoms with van der Waals surface area (Å²) in [5.74, 6) is 2.55. The van der Waals surface area contributed by atoms with E-state index in [0.717, 1.165) is 11.1 Å². The molecule has 0 spiro atoms. The van der Waals surface area contributed by atoms with E-state index in [9.17, 15) is 9.59 Å². The Morgan fingerprint density at radius 2 is 0.733 bits per heavy atom. The molecule has 6 heteroatoms. The summed E-state index contributed by atoms with van der Waals surface area (Å²) in [5, 5.41) is -1.02. The zero-order chi connectivity index (χ0) is 31.0. The molecule has 0 aliphatic heterocycles. The van der Waals surface area contributed by atoms with Crippen molar-refractivity contribution in [2.75, 3.05) is 0 Å². The third-order valence-electron chi connectivity index (χ3n) is 8.16. The van der Waals surface area contributed by atoms with E-state index < -0.39 is 15.9 Å². The first kappa shape index (κ1) is 28.6. The van der Waals surface area contributed by atoms with Crippen LogP contribution in [0.3, 0.4) is 0 Å². The molecule has 7 rings (SSSR count). The van der Waals surface area contributed by atoms with Gasteiger partial charge in [-0.05, 0) is 129 Å². The topological polar surface area (TPSA) is 52.6 Å². The minimum atomic E-state index is -0.588. The van der Waals surface area contributed by atoms with E-state index in [4.69, 9.17) is 32.7 Å². The number of fused-ring (bicyclic) bond motifs is 3. The van der Waals surface area contributed by atoms with Gasteiger partial charge >= 0.3 is 0 Å². The average molecular weight is 628 g/mol. The molecule has 0 radical (unpaired) electrons. The number of hydrogen-bond donors (Lipinski definition) is 0. The van der Waals surface area contributed by atoms with E-state index >= 15 is 0 Å². The standard InChI is InChI=1S/C39H24Cl2O4/c40-37(42)25-9-17-29(18-10-25)44-31-21-13-27(14-22-31)39(35-7-3-1-5-33(35)34-6-2-4-8-36(34)39)28-15-23-32(24-16-28)45-30-19-11-26(12-20-30)38(41)43/h1-24H. The summed E-state index contributed by atoms with van der Waals surface area (Å²) in [4.78, 5) is 22.9. The van der Waals surface area contributed by atoms with Crippen LogP contribution < -0.4 is 9.47 Å². The summed E-state index contributed by atoms with van der Waals surface area (Å²) >= 11 is 11.2. The van der Waals surface area contributed by atoms with Gasteiger partial charge in [0.15, 0.2) is 0 Å². The monoisotopic (exact) mass is 626 g/mol. The van der Waals surface area contributed by atoms with Crippen molar-refractivity contribution in [1.29, 1.82) is 0 Å². The van der Waals surface area contributed by atoms with Crippen LogP contribution in [0, 0.1) is 0 Å². The van der Waals surface area contributed by atoms with Crippen molar-refractivity contribution in [1.82, 2.24) is 0 Å². The molecule has 1 aliphatic rings. The molecule has 1 aliphatic carbocycles. The van der Waals surface area contributed by atoms with Gasteiger partial charge in [0, 0.05) is 11.1 Å². The van der Waals surface area contributed by atoms with E-state index in [1.807, 2.05) is 24.3 Å². The SMILES string of the molecule is O=C(Cl)c1ccc(Oc2ccc(C3(c4ccc(Oc5ccc(C(=O)Cl)cc5)cc4)c4ccccc4-c4ccccc43)cc2)cc1. The number of halogens is 2. The summed E-state index contributed by atoms with van der Waals surface area (Å²) in [6.07, 6.45) is 0. The maximum atomic E-state index is 11.4. The number of ether oxygens (including phenoxy) is 2. The van der Waals surface area contributed by atoms with Gasteiger partial charge in [0.25, 0.3) is 10.5 Å². The quantitative estimate of drug-likeness (QED) is 0.157. The Kier molecular flexibility index (Phi) is 7.46. The van der Waals surface area contributed by atoms with E-state index in [2.05, 4.69) is 72.8 Å². The summed E-state index contributed by atoms with van der Waals surface area (Å²) in [6, 6.07) is 46.8. The Bertz CT molecular complexity index is 1880. The molecule has 0 unspecified atom stereocenters. The fourth-order valence-electron chi connectivity index (χ4n) is 6.15. The molecule has 218 valence electrons. The summed E-state index contributed by atoms with van der Waals surface area (Å²) in [6.45, 7) is 0. The molecular formula is C39H24Cl2O4. The van der Waals surface area contributed by atoms with Crippen molar-refractivity contribution in [2.24, 2.45) is 0 Å². The predicted octanol–water partition coefficient (Wildman–Crippen LogP) is 10.4. The summed E-state index contributed by atoms with van der Waals surface area (Å²) < 4.78 is 12.2. The number of carbonyl (C=O) groups is 2. The fourth-order valence-corrected chi connectivity index (χ4v) is 6.40. The molecule has 0 aromatic heterocycles. The smallest absolute Gasteiger partial charge is 0.252 e. The van der Waals surface area contributed by atoms with Crippen LogP contribution in [0.15, 0.2) is 146 Å². The summed E-state index contributed by atoms with van der Waals surface area (Å²) in [7, 11) is 0. The lowest BCUT2D eigenvalue weighted by Gasteiger charge is -2.34. The Morgan fingerprint density at radius 1 is 0.422 bits per heavy atom. The largest absolute Gasteiger partial charge is 0.457 e. The Hall–Kier alpha value is -5.16. The minimum absolute atomic E-state index is 0.414. The number of rotatable bonds is 8. The molecule has 0 atom stereocenters. The Morgan fingerprint density at radius 3 is 1.07 bits per heavy atom. The second-order valence-corrected chi connectivity index (χ2v) is 11.4. The van der Waals surface area contributed by atoms with Crippen molar-refractivity contribution >= 4 is 33.7 Å². The summed E-state index contributed by atoms with van der Waals surface area (Å²) in [5.41, 5.74) is 7.18. The first-order chi connectivity index (χ1) is 21.9. The highest BCUT2D eigenvalue weighted by Crippen LogP contribution is 2.56. The van der Waals surface area contributed by atoms with E-state index in [1.54, 1.807) is 48.5 Å². The lowest BCUT2D eigenvalue weighted by Crippen LogP contribution is -2.28. The van der Waals surface area contributed by atoms with Gasteiger partial charge in [-0.1, -0.05) is 72.8 Å². The van der Waals surface area contributed by atoms with Gasteiger partial charge in [-0.25, -0.2) is 0 Å². The number of hydrogen-bond acceptors (Lipinski definition) is 4. The second kappa shape index (κ2) is 11.7. The molecule has 0 amide bonds. The molecule has 0 saturated carbocycles. The molecular weight excluding hydrogens is 603 g/mol. The van der Waals surface area contributed by atoms with Crippen LogP contribution in [0.4, 0.5) is 0 Å². The molecule has 0 fully saturated rings. The van der Waals surface area contributed by atoms with E-state index in [1.165, 1.54) is 22.3 Å². The van der Waals surface area contributed by atoms with Crippen LogP contribution in [-0.2, 0) is 5.41 Å². The molecule has 0 N–H and O–H groups in total. The molecule has 0 saturated heterocycles. The van der Waals surface area contributed by atoms with Gasteiger partial charge < -0.3 is 9.47 Å². The predicted molar refractivity (Wildman–Crippen MR) is 177 cm³/mol. The van der Waals surface area contributed by atoms with Crippen LogP contribution in [0.2, 0.25) is 0 Å². The highest BCUT2D eigenvalue weighted by molar-refractivity contribution is 6.68. The van der Waals surface area contributed by atoms with Crippen molar-refractivity contribution in [2.45, 2.75) is 5.41 Å². The van der Waals surface area contributed by atoms with E-state index in [-0.39, 0.29) is 0 Å². The molecule has 0 bridgehead atoms. The minimum Gasteiger partial charge on any atom is -0.457 e. The van der Waals surface area contributed by atoms with Crippen molar-refractivity contribution in [3.8, 4) is 34.1 Å². The maximum Gasteiger partial charge on any atom is 0.252 e. The van der Waals surface area contributed by atoms with Crippen LogP contribution in [-0.4, -0.2) is 10.5 Å². The number of benzene rings is 6. The maximum absolute atomic E-state index is 11.4. The van der Waals surface area contributed by atoms with Crippen LogP contribution in [0.5, 0.6) is 23.0 Å². The zero-order valence-electron chi connectivity index (χ0n) is 23.7. The van der Waals surface area contributed by atoms with Crippen LogP contribution in [0.1, 0.15) is 43.0 Å². The highest BCUT2D eigenvalue weighted by Gasteiger charge is 2.45. The molecule has 6 aromatic rings. The first-order valence-corrected chi connectivity index (χ1v) is 15.0. The fraction of sp³-hybridized carbons (Fsp3) is 0.0256. The molecule has 45 heavy (non-hydrogen) atoms. The average Bonchev–Trinajstić information content (AvgIpc) is 3.37. The molecule has 6 aromatic carbocycles. The second-order valence-electron chi connectivity index (χ2n) is 10.7. The number of carbonyl (C=O) groups excluding carboxylic acids is 2. The Balaban J connectivity index is 1.28. The highest BCUT2D eigenvalue weighted by atomic mass is 35.5. The van der Waals surface area contributed by atoms with Crippen molar-refractivity contribution < 1.29 is 19.1 Å². The van der Waals surface area contributed by atoms with Crippen molar-refractivity contribution in [3.05, 3.63) is 179 Å². The van der Waals surface area contributed by atoms with Gasteiger partial charge in [-0.2, -0.15) is 0 Å². The van der Waals surface area contributed by atoms with Gasteiger partial charge in [-0.3, -0.25) is 9.59 Å². The van der Waals surface area contributed by atoms with Crippen LogP contribution in [0.25, 0.3) is 11.1 Å². The van der Waals surface area contributed by atoms with Gasteiger partial charge in [0.1, 0.15) is 23.0 Å². The van der Waals surface area contributed by atoms with Crippen LogP contribution >= 0.6 is 23.2 Å². The lowest BCUT2D eigenvalue weighted by atomic mass is 9.68. The molecule has 0 heterocycles. The van der Waals surface area contributed by atoms with E-state index in [0.29, 0.717) is 34.1 Å². The third kappa shape index (κ3) is 5.18. The lowest BCUT2D eigenvalue weighted by molar-refractivity contribution is 0.107. The van der Waals surface area contributed by atoms with Gasteiger partial charge in [-0.15, -0.1) is 0 Å².